The van der Waals surface area contributed by atoms with Crippen LogP contribution in [-0.2, 0) is 11.3 Å². The number of aliphatic hydroxyl groups is 1. The van der Waals surface area contributed by atoms with Gasteiger partial charge in [0.25, 0.3) is 5.91 Å². The molecule has 9 nitrogen and oxygen atoms in total. The predicted molar refractivity (Wildman–Crippen MR) is 128 cm³/mol. The number of oxazole rings is 1. The second kappa shape index (κ2) is 8.45. The van der Waals surface area contributed by atoms with Crippen LogP contribution in [0.5, 0.6) is 0 Å². The lowest BCUT2D eigenvalue weighted by Gasteiger charge is -2.20. The number of benzene rings is 1. The van der Waals surface area contributed by atoms with Crippen LogP contribution < -0.4 is 10.2 Å². The van der Waals surface area contributed by atoms with E-state index in [4.69, 9.17) is 4.42 Å². The van der Waals surface area contributed by atoms with Gasteiger partial charge in [-0.3, -0.25) is 14.9 Å². The van der Waals surface area contributed by atoms with Crippen molar-refractivity contribution in [2.24, 2.45) is 0 Å². The van der Waals surface area contributed by atoms with Crippen LogP contribution in [0.25, 0.3) is 21.7 Å². The summed E-state index contributed by atoms with van der Waals surface area (Å²) in [5.74, 6) is 1.04. The summed E-state index contributed by atoms with van der Waals surface area (Å²) in [6.45, 7) is 6.84. The number of rotatable bonds is 6. The van der Waals surface area contributed by atoms with Crippen molar-refractivity contribution < 1.29 is 19.1 Å². The molecule has 0 unspecified atom stereocenters. The van der Waals surface area contributed by atoms with Gasteiger partial charge in [-0.1, -0.05) is 0 Å². The molecule has 10 heteroatoms. The van der Waals surface area contributed by atoms with Gasteiger partial charge in [0.1, 0.15) is 0 Å². The number of aromatic nitrogens is 3. The highest BCUT2D eigenvalue weighted by Gasteiger charge is 2.22. The molecular weight excluding hydrogens is 442 g/mol. The molecule has 33 heavy (non-hydrogen) atoms. The number of carbonyl (C=O) groups excluding carboxylic acids is 2. The topological polar surface area (TPSA) is 113 Å². The molecule has 0 bridgehead atoms. The van der Waals surface area contributed by atoms with Crippen molar-refractivity contribution in [2.75, 3.05) is 17.3 Å². The quantitative estimate of drug-likeness (QED) is 0.442. The van der Waals surface area contributed by atoms with E-state index in [1.54, 1.807) is 50.7 Å². The van der Waals surface area contributed by atoms with Crippen LogP contribution in [-0.4, -0.2) is 44.1 Å². The summed E-state index contributed by atoms with van der Waals surface area (Å²) in [4.78, 5) is 36.2. The second-order valence-corrected chi connectivity index (χ2v) is 9.53. The number of anilines is 2. The van der Waals surface area contributed by atoms with Gasteiger partial charge in [0.15, 0.2) is 11.7 Å². The van der Waals surface area contributed by atoms with Gasteiger partial charge in [-0.15, -0.1) is 11.3 Å². The highest BCUT2D eigenvalue weighted by molar-refractivity contribution is 7.17. The average molecular weight is 468 g/mol. The van der Waals surface area contributed by atoms with Gasteiger partial charge in [0.2, 0.25) is 11.9 Å². The van der Waals surface area contributed by atoms with Crippen molar-refractivity contribution in [3.8, 4) is 10.6 Å². The molecule has 3 heterocycles. The van der Waals surface area contributed by atoms with Crippen molar-refractivity contribution in [3.63, 3.8) is 0 Å². The lowest BCUT2D eigenvalue weighted by atomic mass is 10.1. The van der Waals surface area contributed by atoms with Crippen LogP contribution in [0, 0.1) is 6.92 Å². The van der Waals surface area contributed by atoms with Crippen LogP contribution >= 0.6 is 11.3 Å². The summed E-state index contributed by atoms with van der Waals surface area (Å²) in [6, 6.07) is 8.94. The molecule has 2 N–H and O–H groups in total. The average Bonchev–Trinajstić information content (AvgIpc) is 3.45. The predicted octanol–water partition coefficient (Wildman–Crippen LogP) is 4.07. The Morgan fingerprint density at radius 1 is 1.27 bits per heavy atom. The van der Waals surface area contributed by atoms with Gasteiger partial charge in [-0.2, -0.15) is 0 Å². The molecule has 0 aliphatic heterocycles. The van der Waals surface area contributed by atoms with Gasteiger partial charge in [-0.25, -0.2) is 9.97 Å². The Morgan fingerprint density at radius 3 is 2.67 bits per heavy atom. The Bertz CT molecular complexity index is 1340. The summed E-state index contributed by atoms with van der Waals surface area (Å²) in [7, 11) is 1.68. The highest BCUT2D eigenvalue weighted by Crippen LogP contribution is 2.30. The minimum absolute atomic E-state index is 0.103. The Hall–Kier alpha value is -3.50. The Labute approximate surface area is 194 Å². The standard InChI is InChI=1S/C23H25N5O4S/c1-13-24-11-18(32-13)19-8-9-20(33-19)21(30)26-22-25-16-10-15(27(5)14(2)29)6-7-17(16)28(22)12-23(3,4)31/h6-11,31H,12H2,1-5H3,(H,25,26,30). The van der Waals surface area contributed by atoms with Crippen LogP contribution in [0.2, 0.25) is 0 Å². The zero-order valence-corrected chi connectivity index (χ0v) is 19.9. The number of aryl methyl sites for hydroxylation is 1. The fourth-order valence-corrected chi connectivity index (χ4v) is 4.23. The van der Waals surface area contributed by atoms with Gasteiger partial charge in [0.05, 0.1) is 39.1 Å². The monoisotopic (exact) mass is 467 g/mol. The third-order valence-corrected chi connectivity index (χ3v) is 6.15. The molecular formula is C23H25N5O4S. The molecule has 4 rings (SSSR count). The molecule has 0 fully saturated rings. The molecule has 0 spiro atoms. The molecule has 3 aromatic heterocycles. The maximum Gasteiger partial charge on any atom is 0.268 e. The van der Waals surface area contributed by atoms with Crippen LogP contribution in [0.1, 0.15) is 36.3 Å². The molecule has 2 amide bonds. The summed E-state index contributed by atoms with van der Waals surface area (Å²) in [6.07, 6.45) is 1.63. The Morgan fingerprint density at radius 2 is 2.03 bits per heavy atom. The summed E-state index contributed by atoms with van der Waals surface area (Å²) in [5.41, 5.74) is 0.981. The van der Waals surface area contributed by atoms with Crippen LogP contribution in [0.3, 0.4) is 0 Å². The second-order valence-electron chi connectivity index (χ2n) is 8.45. The highest BCUT2D eigenvalue weighted by atomic mass is 32.1. The van der Waals surface area contributed by atoms with E-state index in [0.717, 1.165) is 10.4 Å². The molecule has 0 atom stereocenters. The normalized spacial score (nSPS) is 11.7. The van der Waals surface area contributed by atoms with E-state index in [9.17, 15) is 14.7 Å². The summed E-state index contributed by atoms with van der Waals surface area (Å²) in [5, 5.41) is 13.3. The molecule has 0 aliphatic rings. The third-order valence-electron chi connectivity index (χ3n) is 5.06. The van der Waals surface area contributed by atoms with Crippen molar-refractivity contribution in [2.45, 2.75) is 39.8 Å². The van der Waals surface area contributed by atoms with Crippen molar-refractivity contribution in [1.29, 1.82) is 0 Å². The van der Waals surface area contributed by atoms with E-state index < -0.39 is 5.60 Å². The number of thiophene rings is 1. The maximum absolute atomic E-state index is 13.0. The minimum atomic E-state index is -1.04. The fraction of sp³-hybridized carbons (Fsp3) is 0.304. The zero-order valence-electron chi connectivity index (χ0n) is 19.0. The lowest BCUT2D eigenvalue weighted by Crippen LogP contribution is -2.27. The van der Waals surface area contributed by atoms with E-state index in [2.05, 4.69) is 15.3 Å². The molecule has 172 valence electrons. The number of carbonyl (C=O) groups is 2. The SMILES string of the molecule is CC(=O)N(C)c1ccc2c(c1)nc(NC(=O)c1ccc(-c3cnc(C)o3)s1)n2CC(C)(C)O. The molecule has 0 aliphatic carbocycles. The van der Waals surface area contributed by atoms with E-state index in [-0.39, 0.29) is 18.4 Å². The first-order chi connectivity index (χ1) is 15.5. The molecule has 1 aromatic carbocycles. The van der Waals surface area contributed by atoms with E-state index in [0.29, 0.717) is 33.7 Å². The molecule has 0 saturated carbocycles. The van der Waals surface area contributed by atoms with Gasteiger partial charge < -0.3 is 19.0 Å². The fourth-order valence-electron chi connectivity index (χ4n) is 3.38. The van der Waals surface area contributed by atoms with Crippen molar-refractivity contribution >= 4 is 45.8 Å². The van der Waals surface area contributed by atoms with Gasteiger partial charge >= 0.3 is 0 Å². The number of imidazole rings is 1. The van der Waals surface area contributed by atoms with Crippen molar-refractivity contribution in [1.82, 2.24) is 14.5 Å². The van der Waals surface area contributed by atoms with Crippen LogP contribution in [0.15, 0.2) is 40.9 Å². The summed E-state index contributed by atoms with van der Waals surface area (Å²) >= 11 is 1.29. The smallest absolute Gasteiger partial charge is 0.268 e. The first kappa shape index (κ1) is 22.7. The molecule has 0 saturated heterocycles. The van der Waals surface area contributed by atoms with Crippen LogP contribution in [0.4, 0.5) is 11.6 Å². The largest absolute Gasteiger partial charge is 0.440 e. The number of hydrogen-bond acceptors (Lipinski definition) is 7. The van der Waals surface area contributed by atoms with E-state index in [1.807, 2.05) is 18.2 Å². The first-order valence-electron chi connectivity index (χ1n) is 10.3. The molecule has 4 aromatic rings. The van der Waals surface area contributed by atoms with Crippen molar-refractivity contribution in [3.05, 3.63) is 47.3 Å². The zero-order chi connectivity index (χ0) is 23.9. The number of nitrogens with zero attached hydrogens (tertiary/aromatic N) is 4. The lowest BCUT2D eigenvalue weighted by molar-refractivity contribution is -0.116. The summed E-state index contributed by atoms with van der Waals surface area (Å²) < 4.78 is 7.30. The Kier molecular flexibility index (Phi) is 5.81. The van der Waals surface area contributed by atoms with Gasteiger partial charge in [0, 0.05) is 26.6 Å². The minimum Gasteiger partial charge on any atom is -0.440 e. The van der Waals surface area contributed by atoms with Gasteiger partial charge in [-0.05, 0) is 44.2 Å². The Balaban J connectivity index is 1.68. The third kappa shape index (κ3) is 4.81. The number of nitrogens with one attached hydrogen (secondary N) is 1. The first-order valence-corrected chi connectivity index (χ1v) is 11.1. The number of fused-ring (bicyclic) bond motifs is 1. The number of hydrogen-bond donors (Lipinski definition) is 2. The maximum atomic E-state index is 13.0. The number of amides is 2. The molecule has 0 radical (unpaired) electrons. The van der Waals surface area contributed by atoms with E-state index >= 15 is 0 Å². The van der Waals surface area contributed by atoms with E-state index in [1.165, 1.54) is 23.2 Å².